The lowest BCUT2D eigenvalue weighted by Gasteiger charge is -2.47. The molecular formula is C15H20BrNO2. The van der Waals surface area contributed by atoms with Crippen LogP contribution in [0.4, 0.5) is 0 Å². The molecule has 0 atom stereocenters. The van der Waals surface area contributed by atoms with Crippen LogP contribution in [0.15, 0.2) is 28.7 Å². The minimum absolute atomic E-state index is 0.0609. The summed E-state index contributed by atoms with van der Waals surface area (Å²) in [7, 11) is 0. The van der Waals surface area contributed by atoms with E-state index in [0.29, 0.717) is 18.7 Å². The molecule has 4 heteroatoms. The van der Waals surface area contributed by atoms with Gasteiger partial charge in [-0.2, -0.15) is 0 Å². The van der Waals surface area contributed by atoms with Crippen molar-refractivity contribution in [3.05, 3.63) is 34.3 Å². The molecule has 0 aromatic heterocycles. The van der Waals surface area contributed by atoms with E-state index in [-0.39, 0.29) is 17.1 Å². The number of hydrogen-bond acceptors (Lipinski definition) is 2. The molecule has 0 bridgehead atoms. The maximum Gasteiger partial charge on any atom is 0.254 e. The summed E-state index contributed by atoms with van der Waals surface area (Å²) in [4.78, 5) is 14.5. The fourth-order valence-electron chi connectivity index (χ4n) is 2.74. The van der Waals surface area contributed by atoms with Crippen molar-refractivity contribution in [2.24, 2.45) is 0 Å². The third-order valence-corrected chi connectivity index (χ3v) is 3.55. The highest BCUT2D eigenvalue weighted by molar-refractivity contribution is 9.10. The first-order chi connectivity index (χ1) is 8.69. The number of benzene rings is 1. The standard InChI is InChI=1S/C15H20BrNO2/c1-14(2)9-17(10-15(3,4)19-14)13(18)11-6-5-7-12(16)8-11/h5-8H,9-10H2,1-4H3. The number of carbonyl (C=O) groups excluding carboxylic acids is 1. The maximum absolute atomic E-state index is 12.6. The van der Waals surface area contributed by atoms with E-state index in [2.05, 4.69) is 15.9 Å². The molecule has 2 rings (SSSR count). The number of halogens is 1. The van der Waals surface area contributed by atoms with Crippen LogP contribution in [0.5, 0.6) is 0 Å². The summed E-state index contributed by atoms with van der Waals surface area (Å²) in [5.41, 5.74) is 0.0789. The van der Waals surface area contributed by atoms with Gasteiger partial charge in [0.25, 0.3) is 5.91 Å². The molecule has 0 saturated carbocycles. The SMILES string of the molecule is CC1(C)CN(C(=O)c2cccc(Br)c2)CC(C)(C)O1. The Bertz CT molecular complexity index is 481. The molecule has 0 aliphatic carbocycles. The minimum atomic E-state index is -0.316. The molecule has 3 nitrogen and oxygen atoms in total. The molecule has 1 fully saturated rings. The summed E-state index contributed by atoms with van der Waals surface area (Å²) in [6.45, 7) is 9.32. The van der Waals surface area contributed by atoms with Crippen molar-refractivity contribution in [2.45, 2.75) is 38.9 Å². The molecular weight excluding hydrogens is 306 g/mol. The Labute approximate surface area is 123 Å². The molecule has 0 radical (unpaired) electrons. The van der Waals surface area contributed by atoms with E-state index in [0.717, 1.165) is 4.47 Å². The van der Waals surface area contributed by atoms with Gasteiger partial charge in [0.2, 0.25) is 0 Å². The fourth-order valence-corrected chi connectivity index (χ4v) is 3.13. The average molecular weight is 326 g/mol. The number of ether oxygens (including phenoxy) is 1. The predicted octanol–water partition coefficient (Wildman–Crippen LogP) is 3.48. The molecule has 0 spiro atoms. The van der Waals surface area contributed by atoms with Crippen LogP contribution < -0.4 is 0 Å². The van der Waals surface area contributed by atoms with E-state index < -0.39 is 0 Å². The summed E-state index contributed by atoms with van der Waals surface area (Å²) in [6, 6.07) is 7.51. The van der Waals surface area contributed by atoms with Crippen LogP contribution in [0.25, 0.3) is 0 Å². The van der Waals surface area contributed by atoms with Crippen molar-refractivity contribution in [3.8, 4) is 0 Å². The zero-order chi connectivity index (χ0) is 14.3. The lowest BCUT2D eigenvalue weighted by molar-refractivity contribution is -0.171. The van der Waals surface area contributed by atoms with E-state index in [1.807, 2.05) is 56.9 Å². The van der Waals surface area contributed by atoms with Crippen LogP contribution >= 0.6 is 15.9 Å². The highest BCUT2D eigenvalue weighted by Gasteiger charge is 2.40. The van der Waals surface area contributed by atoms with Crippen molar-refractivity contribution in [2.75, 3.05) is 13.1 Å². The van der Waals surface area contributed by atoms with Crippen LogP contribution in [-0.4, -0.2) is 35.1 Å². The topological polar surface area (TPSA) is 29.5 Å². The van der Waals surface area contributed by atoms with Crippen molar-refractivity contribution < 1.29 is 9.53 Å². The number of hydrogen-bond donors (Lipinski definition) is 0. The van der Waals surface area contributed by atoms with Crippen molar-refractivity contribution >= 4 is 21.8 Å². The number of nitrogens with zero attached hydrogens (tertiary/aromatic N) is 1. The fraction of sp³-hybridized carbons (Fsp3) is 0.533. The monoisotopic (exact) mass is 325 g/mol. The highest BCUT2D eigenvalue weighted by atomic mass is 79.9. The van der Waals surface area contributed by atoms with Gasteiger partial charge >= 0.3 is 0 Å². The smallest absolute Gasteiger partial charge is 0.254 e. The maximum atomic E-state index is 12.6. The molecule has 104 valence electrons. The number of morpholine rings is 1. The van der Waals surface area contributed by atoms with Crippen LogP contribution in [0.2, 0.25) is 0 Å². The summed E-state index contributed by atoms with van der Waals surface area (Å²) in [6.07, 6.45) is 0. The van der Waals surface area contributed by atoms with E-state index in [1.165, 1.54) is 0 Å². The van der Waals surface area contributed by atoms with Gasteiger partial charge < -0.3 is 9.64 Å². The van der Waals surface area contributed by atoms with Gasteiger partial charge in [0, 0.05) is 23.1 Å². The molecule has 1 heterocycles. The summed E-state index contributed by atoms with van der Waals surface area (Å²) in [5.74, 6) is 0.0609. The number of carbonyl (C=O) groups is 1. The molecule has 1 aromatic rings. The van der Waals surface area contributed by atoms with Crippen molar-refractivity contribution in [3.63, 3.8) is 0 Å². The van der Waals surface area contributed by atoms with Gasteiger partial charge in [0.15, 0.2) is 0 Å². The largest absolute Gasteiger partial charge is 0.366 e. The molecule has 0 unspecified atom stereocenters. The zero-order valence-electron chi connectivity index (χ0n) is 11.9. The minimum Gasteiger partial charge on any atom is -0.366 e. The van der Waals surface area contributed by atoms with Crippen molar-refractivity contribution in [1.82, 2.24) is 4.90 Å². The first kappa shape index (κ1) is 14.5. The van der Waals surface area contributed by atoms with Crippen LogP contribution in [0.3, 0.4) is 0 Å². The van der Waals surface area contributed by atoms with Crippen LogP contribution in [-0.2, 0) is 4.74 Å². The van der Waals surface area contributed by atoms with Crippen molar-refractivity contribution in [1.29, 1.82) is 0 Å². The summed E-state index contributed by atoms with van der Waals surface area (Å²) < 4.78 is 6.92. The Morgan fingerprint density at radius 2 is 1.79 bits per heavy atom. The van der Waals surface area contributed by atoms with E-state index in [4.69, 9.17) is 4.74 Å². The second-order valence-corrected chi connectivity index (χ2v) is 7.21. The van der Waals surface area contributed by atoms with E-state index in [1.54, 1.807) is 0 Å². The Kier molecular flexibility index (Phi) is 3.76. The van der Waals surface area contributed by atoms with Gasteiger partial charge in [-0.3, -0.25) is 4.79 Å². The molecule has 1 saturated heterocycles. The Morgan fingerprint density at radius 3 is 2.32 bits per heavy atom. The average Bonchev–Trinajstić information content (AvgIpc) is 2.23. The van der Waals surface area contributed by atoms with Gasteiger partial charge in [-0.1, -0.05) is 22.0 Å². The third-order valence-electron chi connectivity index (χ3n) is 3.05. The Hall–Kier alpha value is -0.870. The molecule has 1 aliphatic rings. The number of rotatable bonds is 1. The van der Waals surface area contributed by atoms with Gasteiger partial charge in [0.1, 0.15) is 0 Å². The first-order valence-corrected chi connectivity index (χ1v) is 7.23. The second kappa shape index (κ2) is 4.91. The predicted molar refractivity (Wildman–Crippen MR) is 79.3 cm³/mol. The molecule has 19 heavy (non-hydrogen) atoms. The summed E-state index contributed by atoms with van der Waals surface area (Å²) in [5, 5.41) is 0. The highest BCUT2D eigenvalue weighted by Crippen LogP contribution is 2.29. The quantitative estimate of drug-likeness (QED) is 0.791. The first-order valence-electron chi connectivity index (χ1n) is 6.44. The van der Waals surface area contributed by atoms with Gasteiger partial charge in [-0.05, 0) is 45.9 Å². The molecule has 1 aromatic carbocycles. The third kappa shape index (κ3) is 3.57. The Balaban J connectivity index is 2.24. The van der Waals surface area contributed by atoms with Gasteiger partial charge in [-0.25, -0.2) is 0 Å². The Morgan fingerprint density at radius 1 is 1.21 bits per heavy atom. The molecule has 0 N–H and O–H groups in total. The molecule has 1 aliphatic heterocycles. The summed E-state index contributed by atoms with van der Waals surface area (Å²) >= 11 is 3.40. The lowest BCUT2D eigenvalue weighted by Crippen LogP contribution is -2.58. The second-order valence-electron chi connectivity index (χ2n) is 6.29. The lowest BCUT2D eigenvalue weighted by atomic mass is 9.98. The normalized spacial score (nSPS) is 21.2. The van der Waals surface area contributed by atoms with E-state index >= 15 is 0 Å². The zero-order valence-corrected chi connectivity index (χ0v) is 13.5. The van der Waals surface area contributed by atoms with Crippen LogP contribution in [0, 0.1) is 0 Å². The molecule has 1 amide bonds. The van der Waals surface area contributed by atoms with E-state index in [9.17, 15) is 4.79 Å². The number of amides is 1. The van der Waals surface area contributed by atoms with Gasteiger partial charge in [-0.15, -0.1) is 0 Å². The van der Waals surface area contributed by atoms with Crippen LogP contribution in [0.1, 0.15) is 38.1 Å². The van der Waals surface area contributed by atoms with Gasteiger partial charge in [0.05, 0.1) is 11.2 Å².